The number of carbonyl (C=O) groups excluding carboxylic acids is 2. The number of benzene rings is 2. The minimum absolute atomic E-state index is 0.0969. The number of carboxylic acid groups (broad SMARTS) is 1. The van der Waals surface area contributed by atoms with Gasteiger partial charge in [0.2, 0.25) is 0 Å². The van der Waals surface area contributed by atoms with Gasteiger partial charge in [-0.15, -0.1) is 0 Å². The van der Waals surface area contributed by atoms with Gasteiger partial charge in [0, 0.05) is 99.7 Å². The molecule has 4 N–H and O–H groups in total. The average Bonchev–Trinajstić information content (AvgIpc) is 3.66. The molecule has 2 aliphatic rings. The smallest absolute Gasteiger partial charge is 0.407 e. The molecule has 0 bridgehead atoms. The number of aromatic nitrogens is 4. The third-order valence-corrected chi connectivity index (χ3v) is 10.9. The summed E-state index contributed by atoms with van der Waals surface area (Å²) < 4.78 is 22.7. The van der Waals surface area contributed by atoms with E-state index < -0.39 is 17.9 Å². The number of nitrogens with zero attached hydrogens (tertiary/aromatic N) is 6. The Labute approximate surface area is 336 Å². The number of aryl methyl sites for hydroxylation is 2. The van der Waals surface area contributed by atoms with E-state index in [0.29, 0.717) is 69.0 Å². The molecule has 5 heterocycles. The molecule has 5 aromatic rings. The Morgan fingerprint density at radius 2 is 1.78 bits per heavy atom. The number of hydrogen-bond acceptors (Lipinski definition) is 9. The molecule has 0 spiro atoms. The highest BCUT2D eigenvalue weighted by atomic mass is 19.1. The summed E-state index contributed by atoms with van der Waals surface area (Å²) >= 11 is 0. The maximum atomic E-state index is 15.2. The van der Waals surface area contributed by atoms with Crippen LogP contribution in [0.4, 0.5) is 14.9 Å². The van der Waals surface area contributed by atoms with Crippen molar-refractivity contribution in [2.45, 2.75) is 78.3 Å². The molecule has 1 atom stereocenters. The van der Waals surface area contributed by atoms with E-state index in [1.807, 2.05) is 55.9 Å². The van der Waals surface area contributed by atoms with E-state index in [0.717, 1.165) is 46.4 Å². The maximum Gasteiger partial charge on any atom is 0.407 e. The lowest BCUT2D eigenvalue weighted by atomic mass is 10.00. The minimum atomic E-state index is -0.910. The van der Waals surface area contributed by atoms with Gasteiger partial charge in [-0.1, -0.05) is 31.2 Å². The lowest BCUT2D eigenvalue weighted by Gasteiger charge is -2.38. The van der Waals surface area contributed by atoms with Crippen molar-refractivity contribution in [3.05, 3.63) is 106 Å². The summed E-state index contributed by atoms with van der Waals surface area (Å²) in [4.78, 5) is 51.2. The average molecular weight is 792 g/mol. The summed E-state index contributed by atoms with van der Waals surface area (Å²) in [5.74, 6) is -1.22. The van der Waals surface area contributed by atoms with Crippen LogP contribution in [-0.4, -0.2) is 97.5 Å². The van der Waals surface area contributed by atoms with E-state index in [4.69, 9.17) is 9.72 Å². The number of anilines is 1. The van der Waals surface area contributed by atoms with Gasteiger partial charge >= 0.3 is 6.09 Å². The number of nitrogens with one attached hydrogen (secondary N) is 3. The summed E-state index contributed by atoms with van der Waals surface area (Å²) in [5, 5.41) is 24.5. The molecule has 15 heteroatoms. The quantitative estimate of drug-likeness (QED) is 0.114. The normalized spacial score (nSPS) is 16.3. The molecule has 0 aliphatic carbocycles. The molecule has 0 saturated carbocycles. The number of carbonyl (C=O) groups is 3. The molecule has 3 aromatic heterocycles. The van der Waals surface area contributed by atoms with Gasteiger partial charge in [-0.2, -0.15) is 5.10 Å². The van der Waals surface area contributed by atoms with Crippen LogP contribution in [0.1, 0.15) is 76.8 Å². The van der Waals surface area contributed by atoms with Crippen molar-refractivity contribution in [2.75, 3.05) is 38.2 Å². The number of rotatable bonds is 13. The fourth-order valence-corrected chi connectivity index (χ4v) is 7.80. The molecule has 58 heavy (non-hydrogen) atoms. The Kier molecular flexibility index (Phi) is 12.6. The van der Waals surface area contributed by atoms with E-state index >= 15 is 4.39 Å². The highest BCUT2D eigenvalue weighted by Gasteiger charge is 2.27. The van der Waals surface area contributed by atoms with Crippen molar-refractivity contribution in [3.63, 3.8) is 0 Å². The zero-order chi connectivity index (χ0) is 40.8. The largest absolute Gasteiger partial charge is 0.465 e. The fraction of sp³-hybridized carbons (Fsp3) is 0.395. The molecule has 14 nitrogen and oxygen atoms in total. The first-order valence-corrected chi connectivity index (χ1v) is 19.9. The molecular weight excluding hydrogens is 742 g/mol. The molecule has 2 aromatic carbocycles. The molecule has 2 saturated heterocycles. The molecule has 0 unspecified atom stereocenters. The van der Waals surface area contributed by atoms with Gasteiger partial charge in [0.05, 0.1) is 17.3 Å². The first kappa shape index (κ1) is 40.3. The highest BCUT2D eigenvalue weighted by Crippen LogP contribution is 2.31. The summed E-state index contributed by atoms with van der Waals surface area (Å²) in [6, 6.07) is 15.5. The van der Waals surface area contributed by atoms with Gasteiger partial charge < -0.3 is 30.7 Å². The van der Waals surface area contributed by atoms with Crippen LogP contribution < -0.4 is 16.0 Å². The predicted molar refractivity (Wildman–Crippen MR) is 218 cm³/mol. The Bertz CT molecular complexity index is 2290. The van der Waals surface area contributed by atoms with Gasteiger partial charge in [0.15, 0.2) is 5.65 Å². The van der Waals surface area contributed by atoms with Gasteiger partial charge in [-0.3, -0.25) is 19.5 Å². The lowest BCUT2D eigenvalue weighted by Crippen LogP contribution is -2.53. The SMILES string of the molecule is CCc1nc2c(cnn2CC)c(NC2CCOCC2)c1CNC(=O)c1cc(C(=O)NCc2ccc(F)c(-c3cccc(CN4CCN(C(=O)O)[C@@H](C)C4)c3)c2)ccn1. The molecule has 3 amide bonds. The number of fused-ring (bicyclic) bond motifs is 1. The summed E-state index contributed by atoms with van der Waals surface area (Å²) in [6.07, 6.45) is 4.74. The van der Waals surface area contributed by atoms with Crippen molar-refractivity contribution >= 4 is 34.6 Å². The van der Waals surface area contributed by atoms with Crippen molar-refractivity contribution < 1.29 is 28.6 Å². The van der Waals surface area contributed by atoms with Crippen LogP contribution in [0, 0.1) is 5.82 Å². The predicted octanol–water partition coefficient (Wildman–Crippen LogP) is 5.85. The van der Waals surface area contributed by atoms with Crippen LogP contribution in [-0.2, 0) is 37.3 Å². The fourth-order valence-electron chi connectivity index (χ4n) is 7.80. The van der Waals surface area contributed by atoms with Crippen LogP contribution in [0.5, 0.6) is 0 Å². The number of halogens is 1. The van der Waals surface area contributed by atoms with E-state index in [-0.39, 0.29) is 42.2 Å². The van der Waals surface area contributed by atoms with E-state index in [2.05, 4.69) is 30.9 Å². The molecule has 0 radical (unpaired) electrons. The Balaban J connectivity index is 1.00. The topological polar surface area (TPSA) is 167 Å². The molecule has 2 aliphatic heterocycles. The van der Waals surface area contributed by atoms with Gasteiger partial charge in [0.1, 0.15) is 11.5 Å². The monoisotopic (exact) mass is 791 g/mol. The lowest BCUT2D eigenvalue weighted by molar-refractivity contribution is 0.0711. The van der Waals surface area contributed by atoms with Crippen molar-refractivity contribution in [1.29, 1.82) is 0 Å². The van der Waals surface area contributed by atoms with E-state index in [1.54, 1.807) is 18.2 Å². The minimum Gasteiger partial charge on any atom is -0.465 e. The van der Waals surface area contributed by atoms with Crippen LogP contribution >= 0.6 is 0 Å². The van der Waals surface area contributed by atoms with Crippen LogP contribution in [0.2, 0.25) is 0 Å². The van der Waals surface area contributed by atoms with E-state index in [9.17, 15) is 19.5 Å². The van der Waals surface area contributed by atoms with Gasteiger partial charge in [0.25, 0.3) is 11.8 Å². The third-order valence-electron chi connectivity index (χ3n) is 10.9. The van der Waals surface area contributed by atoms with Crippen LogP contribution in [0.25, 0.3) is 22.2 Å². The number of amides is 3. The summed E-state index contributed by atoms with van der Waals surface area (Å²) in [7, 11) is 0. The molecule has 304 valence electrons. The first-order valence-electron chi connectivity index (χ1n) is 19.9. The van der Waals surface area contributed by atoms with Crippen molar-refractivity contribution in [3.8, 4) is 11.1 Å². The van der Waals surface area contributed by atoms with Crippen molar-refractivity contribution in [1.82, 2.24) is 40.2 Å². The zero-order valence-corrected chi connectivity index (χ0v) is 33.1. The number of ether oxygens (including phenoxy) is 1. The van der Waals surface area contributed by atoms with Crippen LogP contribution in [0.15, 0.2) is 67.0 Å². The molecule has 2 fully saturated rings. The third kappa shape index (κ3) is 9.11. The molecule has 7 rings (SSSR count). The standard InChI is InChI=1S/C43H50FN9O5/c1-4-37-34(39(49-32-12-17-58-18-13-32)35-24-48-53(5-2)40(35)50-37)23-47-42(55)38-21-31(11-14-45-38)41(54)46-22-28-9-10-36(44)33(20-28)30-8-6-7-29(19-30)26-51-15-16-52(43(56)57)27(3)25-51/h6-11,14,19-21,24,27,32H,4-5,12-13,15-18,22-23,25-26H2,1-3H3,(H,46,54)(H,47,55)(H,49,50)(H,56,57)/t27-/m0/s1. The van der Waals surface area contributed by atoms with Crippen molar-refractivity contribution in [2.24, 2.45) is 0 Å². The second-order valence-electron chi connectivity index (χ2n) is 14.9. The number of hydrogen-bond donors (Lipinski definition) is 4. The van der Waals surface area contributed by atoms with Crippen LogP contribution in [0.3, 0.4) is 0 Å². The van der Waals surface area contributed by atoms with Gasteiger partial charge in [-0.05, 0) is 80.1 Å². The van der Waals surface area contributed by atoms with Gasteiger partial charge in [-0.25, -0.2) is 18.9 Å². The Morgan fingerprint density at radius 1 is 0.966 bits per heavy atom. The summed E-state index contributed by atoms with van der Waals surface area (Å²) in [6.45, 7) is 10.6. The second-order valence-corrected chi connectivity index (χ2v) is 14.9. The molecular formula is C43H50FN9O5. The number of piperazine rings is 1. The van der Waals surface area contributed by atoms with E-state index in [1.165, 1.54) is 23.2 Å². The first-order chi connectivity index (χ1) is 28.1. The zero-order valence-electron chi connectivity index (χ0n) is 33.1. The second kappa shape index (κ2) is 18.1. The summed E-state index contributed by atoms with van der Waals surface area (Å²) in [5.41, 5.74) is 6.62. The highest BCUT2D eigenvalue weighted by molar-refractivity contribution is 5.98. The Morgan fingerprint density at radius 3 is 2.53 bits per heavy atom. The number of pyridine rings is 2. The Hall–Kier alpha value is -5.93. The maximum absolute atomic E-state index is 15.2.